The van der Waals surface area contributed by atoms with Crippen molar-refractivity contribution >= 4 is 5.91 Å². The Hall–Kier alpha value is -2.89. The molecule has 1 aromatic carbocycles. The second-order valence-corrected chi connectivity index (χ2v) is 5.11. The molecule has 0 saturated heterocycles. The van der Waals surface area contributed by atoms with E-state index >= 15 is 0 Å². The summed E-state index contributed by atoms with van der Waals surface area (Å²) in [5, 5.41) is 8.45. The zero-order valence-corrected chi connectivity index (χ0v) is 12.9. The minimum Gasteiger partial charge on any atom is -0.439 e. The number of ether oxygens (including phenoxy) is 1. The minimum absolute atomic E-state index is 0.0437. The molecule has 0 saturated carbocycles. The molecule has 0 spiro atoms. The van der Waals surface area contributed by atoms with E-state index in [1.54, 1.807) is 0 Å². The molecule has 2 N–H and O–H groups in total. The number of carbonyl (C=O) groups excluding carboxylic acids is 1. The number of carbonyl (C=O) groups is 1. The first-order valence-electron chi connectivity index (χ1n) is 6.91. The number of rotatable bonds is 4. The van der Waals surface area contributed by atoms with Gasteiger partial charge in [0.25, 0.3) is 5.91 Å². The van der Waals surface area contributed by atoms with Crippen molar-refractivity contribution in [2.24, 2.45) is 0 Å². The number of alkyl halides is 7. The number of hydroxylamine groups is 1. The first kappa shape index (κ1) is 20.4. The van der Waals surface area contributed by atoms with Crippen LogP contribution in [0.5, 0.6) is 11.6 Å². The molecule has 0 aliphatic rings. The molecule has 27 heavy (non-hydrogen) atoms. The van der Waals surface area contributed by atoms with Gasteiger partial charge in [0.1, 0.15) is 5.75 Å². The zero-order chi connectivity index (χ0) is 20.5. The summed E-state index contributed by atoms with van der Waals surface area (Å²) in [5.74, 6) is -1.25. The summed E-state index contributed by atoms with van der Waals surface area (Å²) < 4.78 is 95.1. The Morgan fingerprint density at radius 2 is 1.48 bits per heavy atom. The Morgan fingerprint density at radius 3 is 1.89 bits per heavy atom. The van der Waals surface area contributed by atoms with Gasteiger partial charge in [-0.1, -0.05) is 12.1 Å². The Labute approximate surface area is 146 Å². The van der Waals surface area contributed by atoms with E-state index in [0.717, 1.165) is 12.3 Å². The maximum atomic E-state index is 13.9. The van der Waals surface area contributed by atoms with Gasteiger partial charge in [-0.25, -0.2) is 14.9 Å². The van der Waals surface area contributed by atoms with Crippen molar-refractivity contribution in [3.63, 3.8) is 0 Å². The van der Waals surface area contributed by atoms with Gasteiger partial charge < -0.3 is 4.74 Å². The fourth-order valence-electron chi connectivity index (χ4n) is 2.00. The van der Waals surface area contributed by atoms with Crippen LogP contribution >= 0.6 is 0 Å². The van der Waals surface area contributed by atoms with Gasteiger partial charge in [-0.3, -0.25) is 10.0 Å². The Balaban J connectivity index is 2.25. The van der Waals surface area contributed by atoms with Crippen molar-refractivity contribution in [2.45, 2.75) is 18.0 Å². The van der Waals surface area contributed by atoms with Gasteiger partial charge in [-0.15, -0.1) is 0 Å². The second-order valence-electron chi connectivity index (χ2n) is 5.11. The number of nitrogens with one attached hydrogen (secondary N) is 1. The highest BCUT2D eigenvalue weighted by Crippen LogP contribution is 2.53. The maximum absolute atomic E-state index is 13.9. The van der Waals surface area contributed by atoms with Crippen LogP contribution in [0.25, 0.3) is 0 Å². The molecule has 2 rings (SSSR count). The van der Waals surface area contributed by atoms with Crippen LogP contribution in [0, 0.1) is 0 Å². The van der Waals surface area contributed by atoms with Gasteiger partial charge in [-0.05, 0) is 18.2 Å². The molecular weight excluding hydrogens is 389 g/mol. The third kappa shape index (κ3) is 3.94. The highest BCUT2D eigenvalue weighted by molar-refractivity contribution is 5.92. The standard InChI is InChI=1S/C15H9F7N2O3/c16-13(14(17,18)19,15(20,21)22)9-2-4-10(5-3-9)27-11-6-1-8(7-23-11)12(25)24-26/h1-7,26H,(H,24,25). The average Bonchev–Trinajstić information content (AvgIpc) is 2.59. The molecule has 12 heteroatoms. The van der Waals surface area contributed by atoms with E-state index in [0.29, 0.717) is 24.3 Å². The first-order valence-corrected chi connectivity index (χ1v) is 6.91. The summed E-state index contributed by atoms with van der Waals surface area (Å²) in [6, 6.07) is 4.34. The molecular formula is C15H9F7N2O3. The van der Waals surface area contributed by atoms with E-state index in [9.17, 15) is 35.5 Å². The molecule has 0 atom stereocenters. The normalized spacial score (nSPS) is 12.6. The lowest BCUT2D eigenvalue weighted by atomic mass is 9.94. The minimum atomic E-state index is -6.21. The van der Waals surface area contributed by atoms with Crippen molar-refractivity contribution in [1.82, 2.24) is 10.5 Å². The van der Waals surface area contributed by atoms with Gasteiger partial charge in [0.15, 0.2) is 0 Å². The second kappa shape index (κ2) is 7.02. The van der Waals surface area contributed by atoms with Crippen LogP contribution in [0.15, 0.2) is 42.6 Å². The maximum Gasteiger partial charge on any atom is 0.435 e. The highest BCUT2D eigenvalue weighted by atomic mass is 19.4. The lowest BCUT2D eigenvalue weighted by Gasteiger charge is -2.30. The number of nitrogens with zero attached hydrogens (tertiary/aromatic N) is 1. The Kier molecular flexibility index (Phi) is 5.31. The van der Waals surface area contributed by atoms with E-state index in [-0.39, 0.29) is 17.2 Å². The summed E-state index contributed by atoms with van der Waals surface area (Å²) in [4.78, 5) is 14.8. The SMILES string of the molecule is O=C(NO)c1ccc(Oc2ccc(C(F)(C(F)(F)F)C(F)(F)F)cc2)nc1. The van der Waals surface area contributed by atoms with Crippen LogP contribution in [0.2, 0.25) is 0 Å². The first-order chi connectivity index (χ1) is 12.4. The molecule has 0 radical (unpaired) electrons. The van der Waals surface area contributed by atoms with E-state index < -0.39 is 29.5 Å². The molecule has 1 amide bonds. The summed E-state index contributed by atoms with van der Waals surface area (Å²) in [6.45, 7) is 0. The van der Waals surface area contributed by atoms with Crippen molar-refractivity contribution in [2.75, 3.05) is 0 Å². The zero-order valence-electron chi connectivity index (χ0n) is 12.9. The summed E-state index contributed by atoms with van der Waals surface area (Å²) in [5.41, 5.74) is -5.87. The molecule has 0 unspecified atom stereocenters. The summed E-state index contributed by atoms with van der Waals surface area (Å²) in [6.07, 6.45) is -11.4. The van der Waals surface area contributed by atoms with Crippen LogP contribution in [-0.2, 0) is 5.67 Å². The topological polar surface area (TPSA) is 71.5 Å². The van der Waals surface area contributed by atoms with Gasteiger partial charge in [0, 0.05) is 17.8 Å². The number of amides is 1. The van der Waals surface area contributed by atoms with Crippen molar-refractivity contribution < 1.29 is 45.5 Å². The molecule has 1 heterocycles. The van der Waals surface area contributed by atoms with Crippen LogP contribution in [0.3, 0.4) is 0 Å². The quantitative estimate of drug-likeness (QED) is 0.458. The number of benzene rings is 1. The molecule has 0 aliphatic heterocycles. The molecule has 1 aromatic heterocycles. The lowest BCUT2D eigenvalue weighted by Crippen LogP contribution is -2.50. The number of aromatic nitrogens is 1. The predicted molar refractivity (Wildman–Crippen MR) is 74.9 cm³/mol. The van der Waals surface area contributed by atoms with Crippen LogP contribution in [0.4, 0.5) is 30.7 Å². The molecule has 5 nitrogen and oxygen atoms in total. The van der Waals surface area contributed by atoms with Gasteiger partial charge in [0.2, 0.25) is 5.88 Å². The lowest BCUT2D eigenvalue weighted by molar-refractivity contribution is -0.348. The van der Waals surface area contributed by atoms with Gasteiger partial charge in [0.05, 0.1) is 5.56 Å². The van der Waals surface area contributed by atoms with Crippen LogP contribution < -0.4 is 10.2 Å². The molecule has 0 bridgehead atoms. The van der Waals surface area contributed by atoms with Gasteiger partial charge in [-0.2, -0.15) is 26.3 Å². The van der Waals surface area contributed by atoms with Crippen LogP contribution in [-0.4, -0.2) is 28.5 Å². The van der Waals surface area contributed by atoms with E-state index in [4.69, 9.17) is 9.94 Å². The monoisotopic (exact) mass is 398 g/mol. The van der Waals surface area contributed by atoms with Gasteiger partial charge >= 0.3 is 18.0 Å². The fourth-order valence-corrected chi connectivity index (χ4v) is 2.00. The third-order valence-electron chi connectivity index (χ3n) is 3.36. The highest BCUT2D eigenvalue weighted by Gasteiger charge is 2.73. The molecule has 0 fully saturated rings. The van der Waals surface area contributed by atoms with Crippen molar-refractivity contribution in [3.8, 4) is 11.6 Å². The fraction of sp³-hybridized carbons (Fsp3) is 0.200. The third-order valence-corrected chi connectivity index (χ3v) is 3.36. The Bertz CT molecular complexity index is 788. The Morgan fingerprint density at radius 1 is 0.926 bits per heavy atom. The van der Waals surface area contributed by atoms with Crippen molar-refractivity contribution in [3.05, 3.63) is 53.7 Å². The summed E-state index contributed by atoms with van der Waals surface area (Å²) >= 11 is 0. The number of hydrogen-bond acceptors (Lipinski definition) is 4. The van der Waals surface area contributed by atoms with E-state index in [2.05, 4.69) is 4.98 Å². The number of pyridine rings is 1. The average molecular weight is 398 g/mol. The summed E-state index contributed by atoms with van der Waals surface area (Å²) in [7, 11) is 0. The molecule has 146 valence electrons. The smallest absolute Gasteiger partial charge is 0.435 e. The largest absolute Gasteiger partial charge is 0.439 e. The molecule has 2 aromatic rings. The number of hydrogen-bond donors (Lipinski definition) is 2. The van der Waals surface area contributed by atoms with Crippen molar-refractivity contribution in [1.29, 1.82) is 0 Å². The van der Waals surface area contributed by atoms with Crippen LogP contribution in [0.1, 0.15) is 15.9 Å². The predicted octanol–water partition coefficient (Wildman–Crippen LogP) is 4.28. The van der Waals surface area contributed by atoms with E-state index in [1.165, 1.54) is 11.5 Å². The van der Waals surface area contributed by atoms with E-state index in [1.807, 2.05) is 0 Å². The number of halogens is 7. The molecule has 0 aliphatic carbocycles.